The molecular formula is C24H19Cl2N3O3. The summed E-state index contributed by atoms with van der Waals surface area (Å²) in [4.78, 5) is 8.50. The van der Waals surface area contributed by atoms with Crippen molar-refractivity contribution in [2.45, 2.75) is 6.61 Å². The van der Waals surface area contributed by atoms with Crippen molar-refractivity contribution in [2.24, 2.45) is 0 Å². The van der Waals surface area contributed by atoms with Crippen molar-refractivity contribution in [3.63, 3.8) is 0 Å². The van der Waals surface area contributed by atoms with Crippen LogP contribution in [0.4, 0.5) is 5.95 Å². The maximum Gasteiger partial charge on any atom is 0.220 e. The number of anilines is 1. The van der Waals surface area contributed by atoms with E-state index in [4.69, 9.17) is 38.4 Å². The van der Waals surface area contributed by atoms with Gasteiger partial charge in [-0.15, -0.1) is 0 Å². The van der Waals surface area contributed by atoms with Crippen LogP contribution >= 0.6 is 23.2 Å². The lowest BCUT2D eigenvalue weighted by atomic mass is 9.99. The van der Waals surface area contributed by atoms with E-state index < -0.39 is 0 Å². The Morgan fingerprint density at radius 2 is 1.78 bits per heavy atom. The molecule has 0 bridgehead atoms. The fourth-order valence-electron chi connectivity index (χ4n) is 3.27. The average molecular weight is 468 g/mol. The summed E-state index contributed by atoms with van der Waals surface area (Å²) in [5, 5.41) is 11.8. The average Bonchev–Trinajstić information content (AvgIpc) is 2.78. The van der Waals surface area contributed by atoms with Crippen LogP contribution in [0, 0.1) is 0 Å². The molecule has 0 atom stereocenters. The Kier molecular flexibility index (Phi) is 6.35. The Morgan fingerprint density at radius 3 is 2.53 bits per heavy atom. The maximum absolute atomic E-state index is 10.8. The summed E-state index contributed by atoms with van der Waals surface area (Å²) in [6, 6.07) is 17.7. The van der Waals surface area contributed by atoms with Gasteiger partial charge in [-0.2, -0.15) is 0 Å². The van der Waals surface area contributed by atoms with E-state index in [-0.39, 0.29) is 18.3 Å². The Labute approximate surface area is 195 Å². The number of halogens is 2. The predicted molar refractivity (Wildman–Crippen MR) is 126 cm³/mol. The molecule has 3 N–H and O–H groups in total. The van der Waals surface area contributed by atoms with Gasteiger partial charge >= 0.3 is 0 Å². The van der Waals surface area contributed by atoms with Gasteiger partial charge in [0.2, 0.25) is 5.95 Å². The third-order valence-corrected chi connectivity index (χ3v) is 5.43. The molecule has 4 aromatic rings. The van der Waals surface area contributed by atoms with Crippen LogP contribution in [0.15, 0.2) is 66.9 Å². The number of para-hydroxylation sites is 1. The zero-order valence-corrected chi connectivity index (χ0v) is 18.6. The highest BCUT2D eigenvalue weighted by Crippen LogP contribution is 2.40. The number of hydrogen-bond acceptors (Lipinski definition) is 6. The minimum atomic E-state index is -0.0149. The van der Waals surface area contributed by atoms with E-state index in [1.54, 1.807) is 43.6 Å². The van der Waals surface area contributed by atoms with E-state index in [0.29, 0.717) is 38.4 Å². The molecule has 0 fully saturated rings. The summed E-state index contributed by atoms with van der Waals surface area (Å²) in [6.45, 7) is 0.224. The lowest BCUT2D eigenvalue weighted by Gasteiger charge is -2.14. The molecule has 0 saturated heterocycles. The number of nitrogens with two attached hydrogens (primary N) is 1. The first kappa shape index (κ1) is 21.7. The molecule has 0 unspecified atom stereocenters. The molecule has 32 heavy (non-hydrogen) atoms. The Balaban J connectivity index is 1.67. The molecule has 1 aromatic heterocycles. The highest BCUT2D eigenvalue weighted by Gasteiger charge is 2.17. The number of ether oxygens (including phenoxy) is 2. The lowest BCUT2D eigenvalue weighted by molar-refractivity contribution is 0.304. The number of hydrogen-bond donors (Lipinski definition) is 2. The fourth-order valence-corrected chi connectivity index (χ4v) is 3.73. The molecule has 8 heteroatoms. The van der Waals surface area contributed by atoms with Crippen LogP contribution in [0.25, 0.3) is 22.4 Å². The SMILES string of the molecule is COc1ccccc1-c1cnc(N)nc1-c1ccc(OCc2ccc(Cl)cc2Cl)cc1O. The van der Waals surface area contributed by atoms with Gasteiger partial charge in [0.15, 0.2) is 0 Å². The summed E-state index contributed by atoms with van der Waals surface area (Å²) >= 11 is 12.1. The third-order valence-electron chi connectivity index (χ3n) is 4.84. The minimum Gasteiger partial charge on any atom is -0.507 e. The summed E-state index contributed by atoms with van der Waals surface area (Å²) in [5.41, 5.74) is 9.04. The second kappa shape index (κ2) is 9.34. The standard InChI is InChI=1S/C24H19Cl2N3O3/c1-31-22-5-3-2-4-17(22)19-12-28-24(27)29-23(19)18-9-8-16(11-21(18)30)32-13-14-6-7-15(25)10-20(14)26/h2-12,30H,13H2,1H3,(H2,27,28,29). The largest absolute Gasteiger partial charge is 0.507 e. The molecule has 0 spiro atoms. The topological polar surface area (TPSA) is 90.5 Å². The van der Waals surface area contributed by atoms with E-state index in [9.17, 15) is 5.11 Å². The number of benzene rings is 3. The predicted octanol–water partition coefficient (Wildman–Crippen LogP) is 5.99. The Hall–Kier alpha value is -3.48. The smallest absolute Gasteiger partial charge is 0.220 e. The summed E-state index contributed by atoms with van der Waals surface area (Å²) in [5.74, 6) is 1.20. The van der Waals surface area contributed by atoms with E-state index in [1.165, 1.54) is 6.07 Å². The molecule has 0 amide bonds. The number of methoxy groups -OCH3 is 1. The van der Waals surface area contributed by atoms with Crippen molar-refractivity contribution in [1.82, 2.24) is 9.97 Å². The molecule has 4 rings (SSSR count). The van der Waals surface area contributed by atoms with E-state index >= 15 is 0 Å². The van der Waals surface area contributed by atoms with Crippen molar-refractivity contribution >= 4 is 29.2 Å². The molecule has 162 valence electrons. The molecule has 0 saturated carbocycles. The number of phenolic OH excluding ortho intramolecular Hbond substituents is 1. The van der Waals surface area contributed by atoms with Crippen molar-refractivity contribution in [1.29, 1.82) is 0 Å². The summed E-state index contributed by atoms with van der Waals surface area (Å²) in [6.07, 6.45) is 1.61. The van der Waals surface area contributed by atoms with Gasteiger partial charge in [0.25, 0.3) is 0 Å². The van der Waals surface area contributed by atoms with Gasteiger partial charge < -0.3 is 20.3 Å². The third kappa shape index (κ3) is 4.56. The van der Waals surface area contributed by atoms with E-state index in [2.05, 4.69) is 9.97 Å². The van der Waals surface area contributed by atoms with Crippen molar-refractivity contribution in [3.05, 3.63) is 82.5 Å². The first-order chi connectivity index (χ1) is 15.5. The molecule has 0 radical (unpaired) electrons. The molecule has 6 nitrogen and oxygen atoms in total. The second-order valence-electron chi connectivity index (χ2n) is 6.89. The second-order valence-corrected chi connectivity index (χ2v) is 7.74. The van der Waals surface area contributed by atoms with Gasteiger partial charge in [-0.25, -0.2) is 9.97 Å². The van der Waals surface area contributed by atoms with Gasteiger partial charge in [0.05, 0.1) is 12.8 Å². The quantitative estimate of drug-likeness (QED) is 0.361. The number of aromatic hydroxyl groups is 1. The molecule has 0 aliphatic rings. The molecule has 0 aliphatic heterocycles. The van der Waals surface area contributed by atoms with Crippen LogP contribution in [0.5, 0.6) is 17.2 Å². The van der Waals surface area contributed by atoms with Gasteiger partial charge in [0.1, 0.15) is 23.9 Å². The first-order valence-electron chi connectivity index (χ1n) is 9.62. The van der Waals surface area contributed by atoms with Gasteiger partial charge in [-0.1, -0.05) is 47.5 Å². The Morgan fingerprint density at radius 1 is 0.969 bits per heavy atom. The number of nitrogen functional groups attached to an aromatic ring is 1. The van der Waals surface area contributed by atoms with Crippen LogP contribution < -0.4 is 15.2 Å². The Bertz CT molecular complexity index is 1280. The van der Waals surface area contributed by atoms with Gasteiger partial charge in [0, 0.05) is 44.6 Å². The highest BCUT2D eigenvalue weighted by atomic mass is 35.5. The van der Waals surface area contributed by atoms with Crippen molar-refractivity contribution in [3.8, 4) is 39.6 Å². The van der Waals surface area contributed by atoms with Crippen LogP contribution in [0.2, 0.25) is 10.0 Å². The first-order valence-corrected chi connectivity index (χ1v) is 10.4. The zero-order valence-electron chi connectivity index (χ0n) is 17.0. The zero-order chi connectivity index (χ0) is 22.7. The molecule has 1 heterocycles. The normalized spacial score (nSPS) is 10.7. The minimum absolute atomic E-state index is 0.0149. The summed E-state index contributed by atoms with van der Waals surface area (Å²) < 4.78 is 11.3. The number of phenols is 1. The van der Waals surface area contributed by atoms with Crippen LogP contribution in [0.3, 0.4) is 0 Å². The lowest BCUT2D eigenvalue weighted by Crippen LogP contribution is -2.00. The van der Waals surface area contributed by atoms with Crippen molar-refractivity contribution < 1.29 is 14.6 Å². The monoisotopic (exact) mass is 467 g/mol. The number of nitrogens with zero attached hydrogens (tertiary/aromatic N) is 2. The van der Waals surface area contributed by atoms with Crippen LogP contribution in [-0.4, -0.2) is 22.2 Å². The number of rotatable bonds is 6. The highest BCUT2D eigenvalue weighted by molar-refractivity contribution is 6.35. The maximum atomic E-state index is 10.8. The van der Waals surface area contributed by atoms with Crippen molar-refractivity contribution in [2.75, 3.05) is 12.8 Å². The molecular weight excluding hydrogens is 449 g/mol. The molecule has 3 aromatic carbocycles. The van der Waals surface area contributed by atoms with Crippen LogP contribution in [0.1, 0.15) is 5.56 Å². The van der Waals surface area contributed by atoms with Crippen LogP contribution in [-0.2, 0) is 6.61 Å². The van der Waals surface area contributed by atoms with Gasteiger partial charge in [-0.3, -0.25) is 0 Å². The van der Waals surface area contributed by atoms with Gasteiger partial charge in [-0.05, 0) is 30.3 Å². The number of aromatic nitrogens is 2. The summed E-state index contributed by atoms with van der Waals surface area (Å²) in [7, 11) is 1.59. The van der Waals surface area contributed by atoms with E-state index in [1.807, 2.05) is 24.3 Å². The van der Waals surface area contributed by atoms with E-state index in [0.717, 1.165) is 11.1 Å². The molecule has 0 aliphatic carbocycles. The fraction of sp³-hybridized carbons (Fsp3) is 0.0833.